The van der Waals surface area contributed by atoms with Crippen LogP contribution >= 0.6 is 0 Å². The Labute approximate surface area is 210 Å². The van der Waals surface area contributed by atoms with Gasteiger partial charge in [-0.15, -0.1) is 0 Å². The Morgan fingerprint density at radius 2 is 1.66 bits per heavy atom. The number of hydrogen-bond acceptors (Lipinski definition) is 7. The van der Waals surface area contributed by atoms with E-state index in [0.29, 0.717) is 18.5 Å². The molecular formula is C24H15F5N2O6S. The summed E-state index contributed by atoms with van der Waals surface area (Å²) < 4.78 is 105. The summed E-state index contributed by atoms with van der Waals surface area (Å²) in [6.45, 7) is 1.50. The number of ketones is 1. The van der Waals surface area contributed by atoms with E-state index in [-0.39, 0.29) is 40.3 Å². The largest absolute Gasteiger partial charge is 0.372 e. The molecule has 0 spiro atoms. The molecule has 0 radical (unpaired) electrons. The Morgan fingerprint density at radius 3 is 2.24 bits per heavy atom. The Morgan fingerprint density at radius 1 is 1.03 bits per heavy atom. The van der Waals surface area contributed by atoms with Gasteiger partial charge in [0.15, 0.2) is 11.5 Å². The Kier molecular flexibility index (Phi) is 6.09. The number of pyridine rings is 1. The fourth-order valence-corrected chi connectivity index (χ4v) is 4.84. The number of rotatable bonds is 7. The van der Waals surface area contributed by atoms with Crippen molar-refractivity contribution in [2.24, 2.45) is 5.92 Å². The lowest BCUT2D eigenvalue weighted by Gasteiger charge is -2.13. The molecular weight excluding hydrogens is 539 g/mol. The number of hydrogen-bond donors (Lipinski definition) is 0. The van der Waals surface area contributed by atoms with Crippen molar-refractivity contribution < 1.29 is 43.9 Å². The van der Waals surface area contributed by atoms with Crippen LogP contribution in [0.1, 0.15) is 34.7 Å². The second-order valence-electron chi connectivity index (χ2n) is 8.69. The van der Waals surface area contributed by atoms with Gasteiger partial charge in [-0.1, -0.05) is 11.2 Å². The minimum Gasteiger partial charge on any atom is -0.372 e. The van der Waals surface area contributed by atoms with E-state index in [1.54, 1.807) is 13.0 Å². The van der Waals surface area contributed by atoms with Crippen LogP contribution in [-0.4, -0.2) is 23.9 Å². The minimum absolute atomic E-state index is 0.104. The summed E-state index contributed by atoms with van der Waals surface area (Å²) in [6.07, 6.45) is 2.61. The van der Waals surface area contributed by atoms with Crippen molar-refractivity contribution in [1.82, 2.24) is 9.72 Å². The molecule has 0 unspecified atom stereocenters. The maximum atomic E-state index is 14.0. The van der Waals surface area contributed by atoms with Gasteiger partial charge in [-0.25, -0.2) is 13.2 Å². The lowest BCUT2D eigenvalue weighted by molar-refractivity contribution is 0.0968. The van der Waals surface area contributed by atoms with Gasteiger partial charge >= 0.3 is 10.1 Å². The number of fused-ring (bicyclic) bond motifs is 1. The average Bonchev–Trinajstić information content (AvgIpc) is 3.66. The van der Waals surface area contributed by atoms with E-state index in [1.807, 2.05) is 0 Å². The van der Waals surface area contributed by atoms with Crippen molar-refractivity contribution in [3.63, 3.8) is 0 Å². The van der Waals surface area contributed by atoms with Gasteiger partial charge in [0.1, 0.15) is 4.90 Å². The van der Waals surface area contributed by atoms with E-state index in [0.717, 1.165) is 22.8 Å². The topological polar surface area (TPSA) is 108 Å². The van der Waals surface area contributed by atoms with Gasteiger partial charge in [0.25, 0.3) is 5.56 Å². The number of carbonyl (C=O) groups is 1. The summed E-state index contributed by atoms with van der Waals surface area (Å²) in [5, 5.41) is 3.56. The maximum Gasteiger partial charge on any atom is 0.339 e. The lowest BCUT2D eigenvalue weighted by Crippen LogP contribution is -2.23. The summed E-state index contributed by atoms with van der Waals surface area (Å²) in [5.41, 5.74) is -0.0978. The van der Waals surface area contributed by atoms with Crippen molar-refractivity contribution in [2.75, 3.05) is 0 Å². The van der Waals surface area contributed by atoms with Crippen LogP contribution in [-0.2, 0) is 16.7 Å². The van der Waals surface area contributed by atoms with E-state index < -0.39 is 55.4 Å². The standard InChI is InChI=1S/C24H15F5N2O6S/c1-10-6-12(36-30-10)8-31-9-16(22(32)11-2-3-11)14-5-4-13(7-15(14)24(31)33)38(34,35)37-23-20(28)18(26)17(25)19(27)21(23)29/h4-7,9,11H,2-3,8H2,1H3. The van der Waals surface area contributed by atoms with E-state index in [2.05, 4.69) is 9.34 Å². The van der Waals surface area contributed by atoms with Crippen LogP contribution in [0.15, 0.2) is 44.7 Å². The quantitative estimate of drug-likeness (QED) is 0.110. The van der Waals surface area contributed by atoms with Crippen LogP contribution < -0.4 is 9.74 Å². The van der Waals surface area contributed by atoms with Crippen LogP contribution in [0, 0.1) is 41.9 Å². The van der Waals surface area contributed by atoms with Crippen molar-refractivity contribution in [2.45, 2.75) is 31.2 Å². The third kappa shape index (κ3) is 4.34. The minimum atomic E-state index is -5.22. The Hall–Kier alpha value is -4.07. The van der Waals surface area contributed by atoms with Gasteiger partial charge in [-0.05, 0) is 37.3 Å². The predicted molar refractivity (Wildman–Crippen MR) is 120 cm³/mol. The van der Waals surface area contributed by atoms with Gasteiger partial charge in [-0.2, -0.15) is 17.2 Å². The molecule has 1 fully saturated rings. The molecule has 2 aromatic heterocycles. The van der Waals surface area contributed by atoms with E-state index >= 15 is 0 Å². The first-order valence-corrected chi connectivity index (χ1v) is 12.4. The zero-order valence-electron chi connectivity index (χ0n) is 19.2. The Balaban J connectivity index is 1.64. The SMILES string of the molecule is Cc1cc(Cn2cc(C(=O)C3CC3)c3ccc(S(=O)(=O)Oc4c(F)c(F)c(F)c(F)c4F)cc3c2=O)on1. The molecule has 0 bridgehead atoms. The smallest absolute Gasteiger partial charge is 0.339 e. The molecule has 0 saturated heterocycles. The number of nitrogens with zero attached hydrogens (tertiary/aromatic N) is 2. The highest BCUT2D eigenvalue weighted by molar-refractivity contribution is 7.87. The molecule has 14 heteroatoms. The Bertz CT molecular complexity index is 1780. The lowest BCUT2D eigenvalue weighted by atomic mass is 10.0. The molecule has 0 N–H and O–H groups in total. The van der Waals surface area contributed by atoms with Crippen molar-refractivity contribution >= 4 is 26.7 Å². The molecule has 198 valence electrons. The second kappa shape index (κ2) is 9.04. The van der Waals surface area contributed by atoms with Gasteiger partial charge in [0, 0.05) is 29.1 Å². The number of halogens is 5. The highest BCUT2D eigenvalue weighted by Gasteiger charge is 2.34. The van der Waals surface area contributed by atoms with Crippen LogP contribution in [0.2, 0.25) is 0 Å². The predicted octanol–water partition coefficient (Wildman–Crippen LogP) is 4.40. The first kappa shape index (κ1) is 25.6. The molecule has 38 heavy (non-hydrogen) atoms. The highest BCUT2D eigenvalue weighted by Crippen LogP contribution is 2.35. The molecule has 8 nitrogen and oxygen atoms in total. The summed E-state index contributed by atoms with van der Waals surface area (Å²) >= 11 is 0. The number of Topliss-reactive ketones (excluding diaryl/α,β-unsaturated/α-hetero) is 1. The number of aryl methyl sites for hydroxylation is 1. The summed E-state index contributed by atoms with van der Waals surface area (Å²) in [5.74, 6) is -14.6. The van der Waals surface area contributed by atoms with E-state index in [1.165, 1.54) is 6.20 Å². The fraction of sp³-hybridized carbons (Fsp3) is 0.208. The molecule has 0 aliphatic heterocycles. The van der Waals surface area contributed by atoms with Gasteiger partial charge < -0.3 is 13.3 Å². The third-order valence-electron chi connectivity index (χ3n) is 5.93. The van der Waals surface area contributed by atoms with Crippen molar-refractivity contribution in [3.8, 4) is 5.75 Å². The molecule has 0 amide bonds. The molecule has 0 atom stereocenters. The maximum absolute atomic E-state index is 14.0. The summed E-state index contributed by atoms with van der Waals surface area (Å²) in [7, 11) is -5.22. The zero-order chi connectivity index (χ0) is 27.5. The molecule has 2 aromatic carbocycles. The van der Waals surface area contributed by atoms with Crippen molar-refractivity contribution in [3.05, 3.63) is 86.9 Å². The van der Waals surface area contributed by atoms with Crippen LogP contribution in [0.25, 0.3) is 10.8 Å². The highest BCUT2D eigenvalue weighted by atomic mass is 32.2. The van der Waals surface area contributed by atoms with Crippen molar-refractivity contribution in [1.29, 1.82) is 0 Å². The summed E-state index contributed by atoms with van der Waals surface area (Å²) in [6, 6.07) is 4.36. The average molecular weight is 554 g/mol. The number of aromatic nitrogens is 2. The van der Waals surface area contributed by atoms with Crippen LogP contribution in [0.3, 0.4) is 0 Å². The molecule has 1 aliphatic carbocycles. The summed E-state index contributed by atoms with van der Waals surface area (Å²) in [4.78, 5) is 25.4. The first-order valence-electron chi connectivity index (χ1n) is 11.0. The second-order valence-corrected chi connectivity index (χ2v) is 10.2. The third-order valence-corrected chi connectivity index (χ3v) is 7.14. The normalized spacial score (nSPS) is 13.7. The monoisotopic (exact) mass is 554 g/mol. The number of carbonyl (C=O) groups excluding carboxylic acids is 1. The van der Waals surface area contributed by atoms with Gasteiger partial charge in [-0.3, -0.25) is 9.59 Å². The molecule has 5 rings (SSSR count). The van der Waals surface area contributed by atoms with Gasteiger partial charge in [0.05, 0.1) is 12.2 Å². The molecule has 1 aliphatic rings. The zero-order valence-corrected chi connectivity index (χ0v) is 20.0. The molecule has 4 aromatic rings. The first-order chi connectivity index (χ1) is 17.9. The number of benzene rings is 2. The van der Waals surface area contributed by atoms with E-state index in [9.17, 15) is 40.0 Å². The fourth-order valence-electron chi connectivity index (χ4n) is 3.88. The van der Waals surface area contributed by atoms with Crippen LogP contribution in [0.5, 0.6) is 5.75 Å². The molecule has 1 saturated carbocycles. The molecule has 2 heterocycles. The van der Waals surface area contributed by atoms with Gasteiger partial charge in [0.2, 0.25) is 34.8 Å². The van der Waals surface area contributed by atoms with E-state index in [4.69, 9.17) is 4.52 Å². The van der Waals surface area contributed by atoms with Crippen LogP contribution in [0.4, 0.5) is 22.0 Å².